The molecule has 0 aromatic heterocycles. The molecule has 0 bridgehead atoms. The predicted octanol–water partition coefficient (Wildman–Crippen LogP) is -0.875. The van der Waals surface area contributed by atoms with Gasteiger partial charge in [0, 0.05) is 0 Å². The molecule has 0 aromatic rings. The van der Waals surface area contributed by atoms with Crippen LogP contribution in [0.4, 0.5) is 0 Å². The number of carboxylic acids is 2. The molecular weight excluding hydrogens is 188 g/mol. The molecule has 1 aliphatic rings. The smallest absolute Gasteiger partial charge is 0.323 e. The molecule has 1 saturated carbocycles. The van der Waals surface area contributed by atoms with Crippen molar-refractivity contribution in [3.05, 3.63) is 0 Å². The van der Waals surface area contributed by atoms with Gasteiger partial charge < -0.3 is 21.7 Å². The molecule has 0 radical (unpaired) electrons. The molecule has 1 aliphatic carbocycles. The fraction of sp³-hybridized carbons (Fsp3) is 0.750. The number of carboxylic acid groups (broad SMARTS) is 2. The van der Waals surface area contributed by atoms with Crippen LogP contribution in [0, 0.1) is 0 Å². The first-order valence-corrected chi connectivity index (χ1v) is 4.35. The van der Waals surface area contributed by atoms with Gasteiger partial charge in [-0.05, 0) is 25.7 Å². The first-order valence-electron chi connectivity index (χ1n) is 4.35. The summed E-state index contributed by atoms with van der Waals surface area (Å²) in [5.74, 6) is -2.19. The van der Waals surface area contributed by atoms with Crippen molar-refractivity contribution in [2.75, 3.05) is 0 Å². The van der Waals surface area contributed by atoms with Crippen molar-refractivity contribution < 1.29 is 19.8 Å². The van der Waals surface area contributed by atoms with Crippen molar-refractivity contribution in [2.24, 2.45) is 11.5 Å². The maximum atomic E-state index is 10.7. The predicted molar refractivity (Wildman–Crippen MR) is 47.6 cm³/mol. The van der Waals surface area contributed by atoms with Crippen LogP contribution in [-0.2, 0) is 9.59 Å². The van der Waals surface area contributed by atoms with Crippen LogP contribution < -0.4 is 11.5 Å². The molecule has 0 unspecified atom stereocenters. The number of aliphatic carboxylic acids is 2. The van der Waals surface area contributed by atoms with Gasteiger partial charge in [0.05, 0.1) is 0 Å². The average molecular weight is 202 g/mol. The zero-order chi connectivity index (χ0) is 11.0. The molecule has 14 heavy (non-hydrogen) atoms. The summed E-state index contributed by atoms with van der Waals surface area (Å²) in [6, 6.07) is 0. The monoisotopic (exact) mass is 202 g/mol. The van der Waals surface area contributed by atoms with E-state index in [2.05, 4.69) is 0 Å². The highest BCUT2D eigenvalue weighted by molar-refractivity contribution is 5.82. The Morgan fingerprint density at radius 2 is 1.07 bits per heavy atom. The minimum absolute atomic E-state index is 0.102. The number of hydrogen-bond donors (Lipinski definition) is 4. The molecule has 1 rings (SSSR count). The Labute approximate surface area is 80.9 Å². The zero-order valence-electron chi connectivity index (χ0n) is 7.69. The van der Waals surface area contributed by atoms with Gasteiger partial charge in [0.15, 0.2) is 0 Å². The average Bonchev–Trinajstić information content (AvgIpc) is 2.10. The van der Waals surface area contributed by atoms with E-state index in [1.807, 2.05) is 0 Å². The summed E-state index contributed by atoms with van der Waals surface area (Å²) in [5.41, 5.74) is 8.54. The third-order valence-corrected chi connectivity index (χ3v) is 2.89. The first-order chi connectivity index (χ1) is 6.30. The van der Waals surface area contributed by atoms with E-state index in [9.17, 15) is 9.59 Å². The molecule has 0 amide bonds. The largest absolute Gasteiger partial charge is 0.480 e. The van der Waals surface area contributed by atoms with Crippen LogP contribution in [0.3, 0.4) is 0 Å². The molecule has 0 aromatic carbocycles. The summed E-state index contributed by atoms with van der Waals surface area (Å²) in [4.78, 5) is 21.5. The number of rotatable bonds is 2. The molecule has 6 heteroatoms. The number of carbonyl (C=O) groups is 2. The molecule has 0 aliphatic heterocycles. The zero-order valence-corrected chi connectivity index (χ0v) is 7.69. The highest BCUT2D eigenvalue weighted by Gasteiger charge is 2.46. The topological polar surface area (TPSA) is 127 Å². The molecule has 0 atom stereocenters. The first kappa shape index (κ1) is 10.9. The maximum absolute atomic E-state index is 10.7. The Hall–Kier alpha value is -1.14. The van der Waals surface area contributed by atoms with Crippen LogP contribution in [0.2, 0.25) is 0 Å². The van der Waals surface area contributed by atoms with Crippen LogP contribution in [-0.4, -0.2) is 33.2 Å². The highest BCUT2D eigenvalue weighted by Crippen LogP contribution is 2.32. The molecule has 1 fully saturated rings. The summed E-state index contributed by atoms with van der Waals surface area (Å²) >= 11 is 0. The van der Waals surface area contributed by atoms with Crippen molar-refractivity contribution in [3.8, 4) is 0 Å². The van der Waals surface area contributed by atoms with Crippen molar-refractivity contribution in [3.63, 3.8) is 0 Å². The summed E-state index contributed by atoms with van der Waals surface area (Å²) in [6.07, 6.45) is 0.409. The number of hydrogen-bond acceptors (Lipinski definition) is 4. The van der Waals surface area contributed by atoms with Gasteiger partial charge >= 0.3 is 11.9 Å². The Morgan fingerprint density at radius 3 is 1.21 bits per heavy atom. The van der Waals surface area contributed by atoms with E-state index >= 15 is 0 Å². The second-order valence-electron chi connectivity index (χ2n) is 3.92. The lowest BCUT2D eigenvalue weighted by molar-refractivity contribution is -0.150. The fourth-order valence-corrected chi connectivity index (χ4v) is 1.57. The summed E-state index contributed by atoms with van der Waals surface area (Å²) in [5, 5.41) is 17.6. The molecule has 80 valence electrons. The van der Waals surface area contributed by atoms with Crippen LogP contribution in [0.5, 0.6) is 0 Å². The van der Waals surface area contributed by atoms with Crippen LogP contribution in [0.15, 0.2) is 0 Å². The molecular formula is C8H14N2O4. The highest BCUT2D eigenvalue weighted by atomic mass is 16.4. The normalized spacial score (nSPS) is 37.9. The number of nitrogens with two attached hydrogens (primary N) is 2. The van der Waals surface area contributed by atoms with Crippen LogP contribution >= 0.6 is 0 Å². The van der Waals surface area contributed by atoms with E-state index in [0.717, 1.165) is 0 Å². The van der Waals surface area contributed by atoms with Gasteiger partial charge in [-0.3, -0.25) is 9.59 Å². The van der Waals surface area contributed by atoms with Gasteiger partial charge in [-0.25, -0.2) is 0 Å². The third-order valence-electron chi connectivity index (χ3n) is 2.89. The van der Waals surface area contributed by atoms with Gasteiger partial charge in [0.25, 0.3) is 0 Å². The minimum atomic E-state index is -1.31. The van der Waals surface area contributed by atoms with E-state index in [4.69, 9.17) is 21.7 Å². The molecule has 6 nitrogen and oxygen atoms in total. The maximum Gasteiger partial charge on any atom is 0.323 e. The Balaban J connectivity index is 2.71. The van der Waals surface area contributed by atoms with Crippen LogP contribution in [0.1, 0.15) is 25.7 Å². The SMILES string of the molecule is NC1(C(=O)O)CCC(N)(C(=O)O)CC1. The van der Waals surface area contributed by atoms with E-state index in [1.165, 1.54) is 0 Å². The lowest BCUT2D eigenvalue weighted by atomic mass is 9.73. The van der Waals surface area contributed by atoms with E-state index in [-0.39, 0.29) is 25.7 Å². The second kappa shape index (κ2) is 3.21. The second-order valence-corrected chi connectivity index (χ2v) is 3.92. The van der Waals surface area contributed by atoms with Crippen molar-refractivity contribution in [1.82, 2.24) is 0 Å². The summed E-state index contributed by atoms with van der Waals surface area (Å²) in [7, 11) is 0. The Morgan fingerprint density at radius 1 is 0.857 bits per heavy atom. The van der Waals surface area contributed by atoms with E-state index < -0.39 is 23.0 Å². The van der Waals surface area contributed by atoms with Gasteiger partial charge in [-0.15, -0.1) is 0 Å². The van der Waals surface area contributed by atoms with Crippen molar-refractivity contribution in [2.45, 2.75) is 36.8 Å². The Bertz CT molecular complexity index is 241. The van der Waals surface area contributed by atoms with Gasteiger partial charge in [0.2, 0.25) is 0 Å². The quantitative estimate of drug-likeness (QED) is 0.460. The van der Waals surface area contributed by atoms with E-state index in [0.29, 0.717) is 0 Å². The lowest BCUT2D eigenvalue weighted by Gasteiger charge is -2.37. The standard InChI is InChI=1S/C8H14N2O4/c9-7(5(11)12)1-2-8(10,4-3-7)6(13)14/h1-4,9-10H2,(H,11,12)(H,13,14). The molecule has 0 heterocycles. The summed E-state index contributed by atoms with van der Waals surface area (Å²) in [6.45, 7) is 0. The molecule has 0 spiro atoms. The summed E-state index contributed by atoms with van der Waals surface area (Å²) < 4.78 is 0. The van der Waals surface area contributed by atoms with Gasteiger partial charge in [-0.1, -0.05) is 0 Å². The van der Waals surface area contributed by atoms with Crippen molar-refractivity contribution in [1.29, 1.82) is 0 Å². The Kier molecular flexibility index (Phi) is 2.51. The van der Waals surface area contributed by atoms with Gasteiger partial charge in [0.1, 0.15) is 11.1 Å². The van der Waals surface area contributed by atoms with Gasteiger partial charge in [-0.2, -0.15) is 0 Å². The van der Waals surface area contributed by atoms with E-state index in [1.54, 1.807) is 0 Å². The minimum Gasteiger partial charge on any atom is -0.480 e. The molecule has 6 N–H and O–H groups in total. The third kappa shape index (κ3) is 1.71. The molecule has 0 saturated heterocycles. The lowest BCUT2D eigenvalue weighted by Crippen LogP contribution is -2.59. The fourth-order valence-electron chi connectivity index (χ4n) is 1.57. The van der Waals surface area contributed by atoms with Crippen LogP contribution in [0.25, 0.3) is 0 Å². The van der Waals surface area contributed by atoms with Crippen molar-refractivity contribution >= 4 is 11.9 Å².